The molecule has 0 heterocycles. The minimum Gasteiger partial charge on any atom is -0.322 e. The number of amides is 2. The summed E-state index contributed by atoms with van der Waals surface area (Å²) in [6, 6.07) is 14.6. The number of hydrogen-bond donors (Lipinski definition) is 3. The molecule has 6 nitrogen and oxygen atoms in total. The summed E-state index contributed by atoms with van der Waals surface area (Å²) >= 11 is 0. The maximum atomic E-state index is 12.0. The highest BCUT2D eigenvalue weighted by Gasteiger charge is 2.08. The topological polar surface area (TPSA) is 108 Å². The number of nitrogens with one attached hydrogen (secondary N) is 2. The number of nitrogen functional groups attached to an aromatic ring is 1. The fraction of sp³-hybridized carbons (Fsp3) is 0. The van der Waals surface area contributed by atoms with E-state index in [1.54, 1.807) is 42.5 Å². The molecule has 0 radical (unpaired) electrons. The van der Waals surface area contributed by atoms with Gasteiger partial charge in [0.2, 0.25) is 0 Å². The molecule has 2 rings (SSSR count). The summed E-state index contributed by atoms with van der Waals surface area (Å²) in [5.41, 5.74) is 3.74. The third-order valence-electron chi connectivity index (χ3n) is 2.79. The number of carbonyl (C=O) groups is 2. The first-order valence-corrected chi connectivity index (χ1v) is 6.06. The highest BCUT2D eigenvalue weighted by Crippen LogP contribution is 2.12. The van der Waals surface area contributed by atoms with Gasteiger partial charge in [-0.15, -0.1) is 0 Å². The van der Waals surface area contributed by atoms with Crippen LogP contribution in [0.2, 0.25) is 0 Å². The Morgan fingerprint density at radius 2 is 1.71 bits per heavy atom. The minimum absolute atomic E-state index is 0.329. The smallest absolute Gasteiger partial charge is 0.265 e. The van der Waals surface area contributed by atoms with Crippen LogP contribution in [0, 0.1) is 11.3 Å². The van der Waals surface area contributed by atoms with Crippen LogP contribution in [-0.2, 0) is 0 Å². The van der Waals surface area contributed by atoms with Crippen molar-refractivity contribution in [2.45, 2.75) is 0 Å². The fourth-order valence-electron chi connectivity index (χ4n) is 1.72. The maximum Gasteiger partial charge on any atom is 0.265 e. The first kappa shape index (κ1) is 14.2. The minimum atomic E-state index is -0.440. The molecule has 2 aromatic carbocycles. The van der Waals surface area contributed by atoms with Crippen LogP contribution in [0.1, 0.15) is 26.3 Å². The Hall–Kier alpha value is -3.17. The highest BCUT2D eigenvalue weighted by molar-refractivity contribution is 6.05. The van der Waals surface area contributed by atoms with Gasteiger partial charge >= 0.3 is 0 Å². The zero-order valence-corrected chi connectivity index (χ0v) is 11.0. The summed E-state index contributed by atoms with van der Waals surface area (Å²) in [4.78, 5) is 23.5. The molecule has 104 valence electrons. The Kier molecular flexibility index (Phi) is 4.29. The third-order valence-corrected chi connectivity index (χ3v) is 2.79. The number of benzene rings is 2. The fourth-order valence-corrected chi connectivity index (χ4v) is 1.72. The molecule has 0 aromatic heterocycles. The molecule has 2 amide bonds. The van der Waals surface area contributed by atoms with E-state index in [1.165, 1.54) is 6.07 Å². The molecule has 0 atom stereocenters. The molecule has 0 aliphatic rings. The number of nitrogens with zero attached hydrogens (tertiary/aromatic N) is 1. The van der Waals surface area contributed by atoms with Crippen LogP contribution < -0.4 is 16.6 Å². The highest BCUT2D eigenvalue weighted by atomic mass is 16.2. The molecular formula is C15H12N4O2. The van der Waals surface area contributed by atoms with E-state index in [0.29, 0.717) is 22.4 Å². The molecule has 0 unspecified atom stereocenters. The summed E-state index contributed by atoms with van der Waals surface area (Å²) in [6.45, 7) is 0. The SMILES string of the molecule is N#Cc1ccc(C(=O)Nc2cccc(C(=O)NN)c2)cc1. The quantitative estimate of drug-likeness (QED) is 0.448. The number of nitriles is 1. The van der Waals surface area contributed by atoms with Crippen molar-refractivity contribution in [3.63, 3.8) is 0 Å². The van der Waals surface area contributed by atoms with Crippen LogP contribution in [0.25, 0.3) is 0 Å². The lowest BCUT2D eigenvalue weighted by Crippen LogP contribution is -2.30. The zero-order chi connectivity index (χ0) is 15.2. The molecule has 0 bridgehead atoms. The van der Waals surface area contributed by atoms with Gasteiger partial charge in [-0.25, -0.2) is 5.84 Å². The van der Waals surface area contributed by atoms with Gasteiger partial charge in [0, 0.05) is 16.8 Å². The summed E-state index contributed by atoms with van der Waals surface area (Å²) in [6.07, 6.45) is 0. The van der Waals surface area contributed by atoms with Crippen molar-refractivity contribution in [3.8, 4) is 6.07 Å². The van der Waals surface area contributed by atoms with Crippen molar-refractivity contribution < 1.29 is 9.59 Å². The average Bonchev–Trinajstić information content (AvgIpc) is 2.54. The molecule has 0 spiro atoms. The Morgan fingerprint density at radius 1 is 1.00 bits per heavy atom. The van der Waals surface area contributed by atoms with Gasteiger partial charge in [-0.2, -0.15) is 5.26 Å². The van der Waals surface area contributed by atoms with E-state index in [1.807, 2.05) is 11.5 Å². The van der Waals surface area contributed by atoms with Gasteiger partial charge < -0.3 is 5.32 Å². The van der Waals surface area contributed by atoms with Crippen molar-refractivity contribution in [2.24, 2.45) is 5.84 Å². The van der Waals surface area contributed by atoms with Crippen molar-refractivity contribution in [2.75, 3.05) is 5.32 Å². The van der Waals surface area contributed by atoms with Crippen LogP contribution in [0.4, 0.5) is 5.69 Å². The summed E-state index contributed by atoms with van der Waals surface area (Å²) in [5.74, 6) is 4.29. The van der Waals surface area contributed by atoms with Gasteiger partial charge in [0.05, 0.1) is 11.6 Å². The lowest BCUT2D eigenvalue weighted by molar-refractivity contribution is 0.0952. The molecule has 6 heteroatoms. The zero-order valence-electron chi connectivity index (χ0n) is 11.0. The van der Waals surface area contributed by atoms with E-state index < -0.39 is 5.91 Å². The van der Waals surface area contributed by atoms with Crippen LogP contribution >= 0.6 is 0 Å². The average molecular weight is 280 g/mol. The second kappa shape index (κ2) is 6.32. The van der Waals surface area contributed by atoms with Crippen LogP contribution in [-0.4, -0.2) is 11.8 Å². The summed E-state index contributed by atoms with van der Waals surface area (Å²) in [7, 11) is 0. The number of hydrazine groups is 1. The number of carbonyl (C=O) groups excluding carboxylic acids is 2. The van der Waals surface area contributed by atoms with Gasteiger partial charge in [-0.3, -0.25) is 15.0 Å². The van der Waals surface area contributed by atoms with E-state index in [4.69, 9.17) is 11.1 Å². The normalized spacial score (nSPS) is 9.52. The maximum absolute atomic E-state index is 12.0. The van der Waals surface area contributed by atoms with Gasteiger partial charge in [-0.05, 0) is 42.5 Å². The first-order valence-electron chi connectivity index (χ1n) is 6.06. The Bertz CT molecular complexity index is 717. The Balaban J connectivity index is 2.15. The molecule has 0 aliphatic heterocycles. The predicted molar refractivity (Wildman–Crippen MR) is 77.2 cm³/mol. The van der Waals surface area contributed by atoms with Gasteiger partial charge in [0.1, 0.15) is 0 Å². The lowest BCUT2D eigenvalue weighted by Gasteiger charge is -2.07. The second-order valence-electron chi connectivity index (χ2n) is 4.20. The number of anilines is 1. The van der Waals surface area contributed by atoms with Gasteiger partial charge in [-0.1, -0.05) is 6.07 Å². The lowest BCUT2D eigenvalue weighted by atomic mass is 10.1. The van der Waals surface area contributed by atoms with Crippen molar-refractivity contribution >= 4 is 17.5 Å². The van der Waals surface area contributed by atoms with Crippen LogP contribution in [0.15, 0.2) is 48.5 Å². The first-order chi connectivity index (χ1) is 10.1. The van der Waals surface area contributed by atoms with Gasteiger partial charge in [0.15, 0.2) is 0 Å². The van der Waals surface area contributed by atoms with E-state index in [-0.39, 0.29) is 5.91 Å². The van der Waals surface area contributed by atoms with Crippen LogP contribution in [0.5, 0.6) is 0 Å². The number of nitrogens with two attached hydrogens (primary N) is 1. The largest absolute Gasteiger partial charge is 0.322 e. The molecule has 4 N–H and O–H groups in total. The van der Waals surface area contributed by atoms with Crippen molar-refractivity contribution in [1.29, 1.82) is 5.26 Å². The van der Waals surface area contributed by atoms with Crippen molar-refractivity contribution in [1.82, 2.24) is 5.43 Å². The Morgan fingerprint density at radius 3 is 2.33 bits per heavy atom. The van der Waals surface area contributed by atoms with Crippen molar-refractivity contribution in [3.05, 3.63) is 65.2 Å². The number of hydrogen-bond acceptors (Lipinski definition) is 4. The molecule has 0 saturated heterocycles. The second-order valence-corrected chi connectivity index (χ2v) is 4.20. The standard InChI is InChI=1S/C15H12N4O2/c16-9-10-4-6-11(7-5-10)14(20)18-13-3-1-2-12(8-13)15(21)19-17/h1-8H,17H2,(H,18,20)(H,19,21). The Labute approximate surface area is 121 Å². The van der Waals surface area contributed by atoms with E-state index in [9.17, 15) is 9.59 Å². The third kappa shape index (κ3) is 3.43. The van der Waals surface area contributed by atoms with E-state index in [0.717, 1.165) is 0 Å². The predicted octanol–water partition coefficient (Wildman–Crippen LogP) is 1.41. The molecule has 21 heavy (non-hydrogen) atoms. The summed E-state index contributed by atoms with van der Waals surface area (Å²) in [5, 5.41) is 11.4. The monoisotopic (exact) mass is 280 g/mol. The molecule has 2 aromatic rings. The van der Waals surface area contributed by atoms with E-state index >= 15 is 0 Å². The van der Waals surface area contributed by atoms with E-state index in [2.05, 4.69) is 5.32 Å². The molecule has 0 aliphatic carbocycles. The molecule has 0 saturated carbocycles. The number of rotatable bonds is 3. The van der Waals surface area contributed by atoms with Crippen LogP contribution in [0.3, 0.4) is 0 Å². The molecule has 0 fully saturated rings. The molecular weight excluding hydrogens is 268 g/mol. The van der Waals surface area contributed by atoms with Gasteiger partial charge in [0.25, 0.3) is 11.8 Å². The summed E-state index contributed by atoms with van der Waals surface area (Å²) < 4.78 is 0.